The Kier molecular flexibility index (Phi) is 4.83. The number of hydrogen-bond acceptors (Lipinski definition) is 3. The molecule has 2 rings (SSSR count). The highest BCUT2D eigenvalue weighted by Crippen LogP contribution is 2.21. The molecular weight excluding hydrogens is 234 g/mol. The van der Waals surface area contributed by atoms with E-state index >= 15 is 0 Å². The minimum Gasteiger partial charge on any atom is -0.373 e. The van der Waals surface area contributed by atoms with Gasteiger partial charge in [0.1, 0.15) is 0 Å². The molecule has 0 bridgehead atoms. The second-order valence-corrected chi connectivity index (χ2v) is 5.76. The Morgan fingerprint density at radius 2 is 2.05 bits per heavy atom. The number of likely N-dealkylation sites (N-methyl/N-ethyl adjacent to an activating group) is 2. The van der Waals surface area contributed by atoms with Crippen LogP contribution in [0.15, 0.2) is 24.3 Å². The lowest BCUT2D eigenvalue weighted by molar-refractivity contribution is 0.314. The first-order chi connectivity index (χ1) is 9.11. The van der Waals surface area contributed by atoms with Crippen molar-refractivity contribution in [3.63, 3.8) is 0 Å². The van der Waals surface area contributed by atoms with Gasteiger partial charge < -0.3 is 15.5 Å². The van der Waals surface area contributed by atoms with Gasteiger partial charge in [-0.15, -0.1) is 0 Å². The molecule has 0 aliphatic carbocycles. The van der Waals surface area contributed by atoms with Crippen molar-refractivity contribution in [2.45, 2.75) is 38.3 Å². The summed E-state index contributed by atoms with van der Waals surface area (Å²) < 4.78 is 0. The quantitative estimate of drug-likeness (QED) is 0.884. The zero-order valence-corrected chi connectivity index (χ0v) is 12.5. The highest BCUT2D eigenvalue weighted by atomic mass is 15.2. The van der Waals surface area contributed by atoms with E-state index in [1.807, 2.05) is 0 Å². The molecule has 0 aromatic heterocycles. The van der Waals surface area contributed by atoms with Crippen molar-refractivity contribution in [2.24, 2.45) is 5.73 Å². The van der Waals surface area contributed by atoms with Crippen LogP contribution < -0.4 is 10.6 Å². The van der Waals surface area contributed by atoms with Gasteiger partial charge in [-0.25, -0.2) is 0 Å². The van der Waals surface area contributed by atoms with E-state index in [2.05, 4.69) is 55.1 Å². The summed E-state index contributed by atoms with van der Waals surface area (Å²) in [5.74, 6) is 0. The number of hydrogen-bond donors (Lipinski definition) is 1. The van der Waals surface area contributed by atoms with Gasteiger partial charge in [0.05, 0.1) is 0 Å². The van der Waals surface area contributed by atoms with E-state index in [9.17, 15) is 0 Å². The standard InChI is InChI=1S/C16H27N3/c1-4-16(17)13-7-9-14(10-8-13)19(3)12-15-6-5-11-18(15)2/h7-10,15-16H,4-6,11-12,17H2,1-3H3. The average molecular weight is 261 g/mol. The topological polar surface area (TPSA) is 32.5 Å². The summed E-state index contributed by atoms with van der Waals surface area (Å²) >= 11 is 0. The fraction of sp³-hybridized carbons (Fsp3) is 0.625. The SMILES string of the molecule is CCC(N)c1ccc(N(C)CC2CCCN2C)cc1. The van der Waals surface area contributed by atoms with Gasteiger partial charge in [0.15, 0.2) is 0 Å². The van der Waals surface area contributed by atoms with Gasteiger partial charge in [-0.1, -0.05) is 19.1 Å². The highest BCUT2D eigenvalue weighted by Gasteiger charge is 2.22. The lowest BCUT2D eigenvalue weighted by Crippen LogP contribution is -2.36. The van der Waals surface area contributed by atoms with E-state index in [1.165, 1.54) is 30.6 Å². The third-order valence-corrected chi connectivity index (χ3v) is 4.36. The molecule has 0 amide bonds. The first-order valence-corrected chi connectivity index (χ1v) is 7.38. The van der Waals surface area contributed by atoms with Crippen molar-refractivity contribution < 1.29 is 0 Å². The molecule has 3 heteroatoms. The smallest absolute Gasteiger partial charge is 0.0364 e. The van der Waals surface area contributed by atoms with E-state index in [1.54, 1.807) is 0 Å². The van der Waals surface area contributed by atoms with Crippen molar-refractivity contribution >= 4 is 5.69 Å². The van der Waals surface area contributed by atoms with E-state index < -0.39 is 0 Å². The van der Waals surface area contributed by atoms with Gasteiger partial charge in [-0.05, 0) is 50.6 Å². The monoisotopic (exact) mass is 261 g/mol. The average Bonchev–Trinajstić information content (AvgIpc) is 2.83. The summed E-state index contributed by atoms with van der Waals surface area (Å²) in [6, 6.07) is 9.58. The number of likely N-dealkylation sites (tertiary alicyclic amines) is 1. The molecule has 0 saturated carbocycles. The number of benzene rings is 1. The highest BCUT2D eigenvalue weighted by molar-refractivity contribution is 5.47. The van der Waals surface area contributed by atoms with Crippen LogP contribution in [-0.4, -0.2) is 38.1 Å². The summed E-state index contributed by atoms with van der Waals surface area (Å²) in [4.78, 5) is 4.83. The largest absolute Gasteiger partial charge is 0.373 e. The Morgan fingerprint density at radius 1 is 1.37 bits per heavy atom. The normalized spacial score (nSPS) is 21.6. The number of anilines is 1. The summed E-state index contributed by atoms with van der Waals surface area (Å²) in [5.41, 5.74) is 8.57. The summed E-state index contributed by atoms with van der Waals surface area (Å²) in [7, 11) is 4.41. The van der Waals surface area contributed by atoms with Crippen LogP contribution >= 0.6 is 0 Å². The van der Waals surface area contributed by atoms with E-state index in [0.717, 1.165) is 13.0 Å². The molecule has 2 atom stereocenters. The summed E-state index contributed by atoms with van der Waals surface area (Å²) in [6.45, 7) is 4.47. The molecule has 3 nitrogen and oxygen atoms in total. The molecule has 2 unspecified atom stereocenters. The first-order valence-electron chi connectivity index (χ1n) is 7.38. The van der Waals surface area contributed by atoms with Crippen LogP contribution in [0.5, 0.6) is 0 Å². The Hall–Kier alpha value is -1.06. The van der Waals surface area contributed by atoms with Gasteiger partial charge >= 0.3 is 0 Å². The second kappa shape index (κ2) is 6.40. The molecule has 0 spiro atoms. The molecule has 1 aliphatic heterocycles. The van der Waals surface area contributed by atoms with E-state index in [0.29, 0.717) is 6.04 Å². The second-order valence-electron chi connectivity index (χ2n) is 5.76. The Bertz CT molecular complexity index is 387. The van der Waals surface area contributed by atoms with Gasteiger partial charge in [-0.3, -0.25) is 0 Å². The van der Waals surface area contributed by atoms with Gasteiger partial charge in [0, 0.05) is 31.4 Å². The number of rotatable bonds is 5. The Labute approximate surface area is 117 Å². The van der Waals surface area contributed by atoms with Gasteiger partial charge in [0.2, 0.25) is 0 Å². The molecule has 0 radical (unpaired) electrons. The van der Waals surface area contributed by atoms with Gasteiger partial charge in [-0.2, -0.15) is 0 Å². The van der Waals surface area contributed by atoms with E-state index in [-0.39, 0.29) is 6.04 Å². The number of nitrogens with zero attached hydrogens (tertiary/aromatic N) is 2. The summed E-state index contributed by atoms with van der Waals surface area (Å²) in [6.07, 6.45) is 3.64. The predicted octanol–water partition coefficient (Wildman–Crippen LogP) is 2.63. The van der Waals surface area contributed by atoms with Crippen LogP contribution in [0, 0.1) is 0 Å². The van der Waals surface area contributed by atoms with Crippen molar-refractivity contribution in [1.82, 2.24) is 4.90 Å². The van der Waals surface area contributed by atoms with Crippen LogP contribution in [0.3, 0.4) is 0 Å². The van der Waals surface area contributed by atoms with Crippen LogP contribution in [-0.2, 0) is 0 Å². The van der Waals surface area contributed by atoms with Gasteiger partial charge in [0.25, 0.3) is 0 Å². The van der Waals surface area contributed by atoms with E-state index in [4.69, 9.17) is 5.73 Å². The maximum Gasteiger partial charge on any atom is 0.0364 e. The fourth-order valence-corrected chi connectivity index (χ4v) is 2.84. The van der Waals surface area contributed by atoms with Crippen molar-refractivity contribution in [3.05, 3.63) is 29.8 Å². The first kappa shape index (κ1) is 14.4. The molecule has 106 valence electrons. The molecule has 1 heterocycles. The van der Waals surface area contributed by atoms with Crippen LogP contribution in [0.2, 0.25) is 0 Å². The van der Waals surface area contributed by atoms with Crippen LogP contribution in [0.1, 0.15) is 37.8 Å². The molecule has 1 aliphatic rings. The lowest BCUT2D eigenvalue weighted by Gasteiger charge is -2.27. The molecule has 1 aromatic carbocycles. The van der Waals surface area contributed by atoms with Crippen molar-refractivity contribution in [3.8, 4) is 0 Å². The zero-order valence-electron chi connectivity index (χ0n) is 12.5. The lowest BCUT2D eigenvalue weighted by atomic mass is 10.0. The third-order valence-electron chi connectivity index (χ3n) is 4.36. The Balaban J connectivity index is 1.97. The van der Waals surface area contributed by atoms with Crippen molar-refractivity contribution in [2.75, 3.05) is 32.1 Å². The molecule has 1 aromatic rings. The molecule has 1 fully saturated rings. The maximum atomic E-state index is 6.05. The van der Waals surface area contributed by atoms with Crippen LogP contribution in [0.4, 0.5) is 5.69 Å². The predicted molar refractivity (Wildman–Crippen MR) is 82.6 cm³/mol. The summed E-state index contributed by atoms with van der Waals surface area (Å²) in [5, 5.41) is 0. The minimum absolute atomic E-state index is 0.167. The number of nitrogens with two attached hydrogens (primary N) is 1. The fourth-order valence-electron chi connectivity index (χ4n) is 2.84. The maximum absolute atomic E-state index is 6.05. The molecule has 19 heavy (non-hydrogen) atoms. The van der Waals surface area contributed by atoms with Crippen molar-refractivity contribution in [1.29, 1.82) is 0 Å². The van der Waals surface area contributed by atoms with Crippen LogP contribution in [0.25, 0.3) is 0 Å². The zero-order chi connectivity index (χ0) is 13.8. The molecule has 2 N–H and O–H groups in total. The molecule has 1 saturated heterocycles. The third kappa shape index (κ3) is 3.48. The Morgan fingerprint density at radius 3 is 2.58 bits per heavy atom. The minimum atomic E-state index is 0.167. The molecular formula is C16H27N3.